The van der Waals surface area contributed by atoms with Crippen molar-refractivity contribution in [2.75, 3.05) is 33.9 Å². The van der Waals surface area contributed by atoms with Crippen LogP contribution in [-0.2, 0) is 14.3 Å². The van der Waals surface area contributed by atoms with Crippen molar-refractivity contribution >= 4 is 5.97 Å². The molecule has 0 bridgehead atoms. The quantitative estimate of drug-likeness (QED) is 0.592. The molecule has 2 N–H and O–H groups in total. The van der Waals surface area contributed by atoms with Gasteiger partial charge in [-0.2, -0.15) is 0 Å². The van der Waals surface area contributed by atoms with Crippen LogP contribution in [0.1, 0.15) is 6.42 Å². The molecule has 1 fully saturated rings. The van der Waals surface area contributed by atoms with Gasteiger partial charge in [0.15, 0.2) is 0 Å². The molecule has 0 aromatic carbocycles. The van der Waals surface area contributed by atoms with Crippen LogP contribution in [0.5, 0.6) is 0 Å². The highest BCUT2D eigenvalue weighted by Crippen LogP contribution is 2.14. The Labute approximate surface area is 84.1 Å². The number of carbonyl (C=O) groups excluding carboxylic acids is 1. The third-order valence-corrected chi connectivity index (χ3v) is 2.44. The Morgan fingerprint density at radius 3 is 2.64 bits per heavy atom. The Morgan fingerprint density at radius 2 is 2.21 bits per heavy atom. The molecule has 5 heteroatoms. The second kappa shape index (κ2) is 5.29. The molecule has 1 aliphatic rings. The number of rotatable bonds is 5. The van der Waals surface area contributed by atoms with Crippen molar-refractivity contribution < 1.29 is 14.3 Å². The minimum atomic E-state index is -0.201. The van der Waals surface area contributed by atoms with E-state index in [1.807, 2.05) is 0 Å². The maximum Gasteiger partial charge on any atom is 0.307 e. The van der Waals surface area contributed by atoms with E-state index in [1.54, 1.807) is 7.11 Å². The van der Waals surface area contributed by atoms with Crippen molar-refractivity contribution in [1.29, 1.82) is 0 Å². The van der Waals surface area contributed by atoms with Crippen molar-refractivity contribution in [3.8, 4) is 0 Å². The number of nitrogens with two attached hydrogens (primary N) is 1. The van der Waals surface area contributed by atoms with Gasteiger partial charge in [-0.25, -0.2) is 0 Å². The molecule has 0 radical (unpaired) electrons. The van der Waals surface area contributed by atoms with Crippen LogP contribution < -0.4 is 5.73 Å². The highest BCUT2D eigenvalue weighted by molar-refractivity contribution is 5.69. The van der Waals surface area contributed by atoms with Gasteiger partial charge in [0.25, 0.3) is 0 Å². The van der Waals surface area contributed by atoms with Gasteiger partial charge >= 0.3 is 5.97 Å². The van der Waals surface area contributed by atoms with E-state index in [1.165, 1.54) is 7.11 Å². The summed E-state index contributed by atoms with van der Waals surface area (Å²) in [5.41, 5.74) is 5.67. The molecule has 1 unspecified atom stereocenters. The first-order valence-electron chi connectivity index (χ1n) is 4.72. The zero-order valence-electron chi connectivity index (χ0n) is 8.73. The Kier molecular flexibility index (Phi) is 4.31. The lowest BCUT2D eigenvalue weighted by Gasteiger charge is -2.42. The van der Waals surface area contributed by atoms with Gasteiger partial charge < -0.3 is 15.2 Å². The minimum Gasteiger partial charge on any atom is -0.469 e. The summed E-state index contributed by atoms with van der Waals surface area (Å²) < 4.78 is 9.67. The van der Waals surface area contributed by atoms with Crippen molar-refractivity contribution in [2.24, 2.45) is 5.73 Å². The molecule has 82 valence electrons. The van der Waals surface area contributed by atoms with E-state index in [0.717, 1.165) is 13.1 Å². The molecule has 0 spiro atoms. The Morgan fingerprint density at radius 1 is 1.57 bits per heavy atom. The number of nitrogens with zero attached hydrogens (tertiary/aromatic N) is 1. The Bertz CT molecular complexity index is 192. The first-order valence-corrected chi connectivity index (χ1v) is 4.72. The van der Waals surface area contributed by atoms with Crippen LogP contribution in [0.2, 0.25) is 0 Å². The molecule has 0 aromatic heterocycles. The molecule has 1 rings (SSSR count). The van der Waals surface area contributed by atoms with Gasteiger partial charge in [-0.05, 0) is 0 Å². The van der Waals surface area contributed by atoms with Crippen LogP contribution in [-0.4, -0.2) is 56.9 Å². The van der Waals surface area contributed by atoms with Crippen LogP contribution in [0.15, 0.2) is 0 Å². The summed E-state index contributed by atoms with van der Waals surface area (Å²) in [6.07, 6.45) is 0.372. The molecule has 5 nitrogen and oxygen atoms in total. The van der Waals surface area contributed by atoms with E-state index in [9.17, 15) is 4.79 Å². The van der Waals surface area contributed by atoms with E-state index < -0.39 is 0 Å². The van der Waals surface area contributed by atoms with Crippen LogP contribution >= 0.6 is 0 Å². The third kappa shape index (κ3) is 2.94. The van der Waals surface area contributed by atoms with Crippen molar-refractivity contribution in [2.45, 2.75) is 18.5 Å². The van der Waals surface area contributed by atoms with Crippen LogP contribution in [0, 0.1) is 0 Å². The summed E-state index contributed by atoms with van der Waals surface area (Å²) in [6.45, 7) is 2.22. The monoisotopic (exact) mass is 202 g/mol. The molecular weight excluding hydrogens is 184 g/mol. The standard InChI is InChI=1S/C9H18N2O3/c1-13-6-8(3-9(12)14-2)11-4-7(10)5-11/h7-8H,3-6,10H2,1-2H3. The predicted octanol–water partition coefficient (Wildman–Crippen LogP) is -0.793. The van der Waals surface area contributed by atoms with Crippen molar-refractivity contribution in [3.05, 3.63) is 0 Å². The Hall–Kier alpha value is -0.650. The first kappa shape index (κ1) is 11.4. The molecule has 1 atom stereocenters. The largest absolute Gasteiger partial charge is 0.469 e. The lowest BCUT2D eigenvalue weighted by atomic mass is 10.0. The number of esters is 1. The molecule has 0 aromatic rings. The fourth-order valence-corrected chi connectivity index (χ4v) is 1.61. The second-order valence-corrected chi connectivity index (χ2v) is 3.60. The van der Waals surface area contributed by atoms with Crippen LogP contribution in [0.3, 0.4) is 0 Å². The summed E-state index contributed by atoms with van der Waals surface area (Å²) in [6, 6.07) is 0.347. The van der Waals surface area contributed by atoms with Crippen molar-refractivity contribution in [1.82, 2.24) is 4.90 Å². The van der Waals surface area contributed by atoms with E-state index in [-0.39, 0.29) is 18.1 Å². The molecule has 0 aliphatic carbocycles. The topological polar surface area (TPSA) is 64.8 Å². The Balaban J connectivity index is 2.35. The van der Waals surface area contributed by atoms with Gasteiger partial charge in [-0.3, -0.25) is 9.69 Å². The molecular formula is C9H18N2O3. The number of carbonyl (C=O) groups is 1. The second-order valence-electron chi connectivity index (χ2n) is 3.60. The maximum absolute atomic E-state index is 11.1. The van der Waals surface area contributed by atoms with Crippen molar-refractivity contribution in [3.63, 3.8) is 0 Å². The summed E-state index contributed by atoms with van der Waals surface area (Å²) in [5.74, 6) is -0.201. The zero-order valence-corrected chi connectivity index (χ0v) is 8.73. The number of hydrogen-bond donors (Lipinski definition) is 1. The molecule has 14 heavy (non-hydrogen) atoms. The van der Waals surface area contributed by atoms with Gasteiger partial charge in [0.05, 0.1) is 20.1 Å². The normalized spacial score (nSPS) is 20.2. The van der Waals surface area contributed by atoms with E-state index in [4.69, 9.17) is 10.5 Å². The maximum atomic E-state index is 11.1. The average molecular weight is 202 g/mol. The first-order chi connectivity index (χ1) is 6.67. The smallest absolute Gasteiger partial charge is 0.307 e. The SMILES string of the molecule is COCC(CC(=O)OC)N1CC(N)C1. The molecule has 1 heterocycles. The van der Waals surface area contributed by atoms with E-state index >= 15 is 0 Å². The molecule has 1 saturated heterocycles. The summed E-state index contributed by atoms with van der Waals surface area (Å²) in [4.78, 5) is 13.2. The van der Waals surface area contributed by atoms with Gasteiger partial charge in [0, 0.05) is 32.3 Å². The fourth-order valence-electron chi connectivity index (χ4n) is 1.61. The van der Waals surface area contributed by atoms with Gasteiger partial charge in [0.1, 0.15) is 0 Å². The highest BCUT2D eigenvalue weighted by atomic mass is 16.5. The van der Waals surface area contributed by atoms with E-state index in [2.05, 4.69) is 9.64 Å². The number of hydrogen-bond acceptors (Lipinski definition) is 5. The van der Waals surface area contributed by atoms with Gasteiger partial charge in [-0.1, -0.05) is 0 Å². The molecule has 0 saturated carbocycles. The van der Waals surface area contributed by atoms with Gasteiger partial charge in [-0.15, -0.1) is 0 Å². The predicted molar refractivity (Wildman–Crippen MR) is 51.8 cm³/mol. The van der Waals surface area contributed by atoms with Crippen LogP contribution in [0.4, 0.5) is 0 Å². The number of ether oxygens (including phenoxy) is 2. The number of likely N-dealkylation sites (tertiary alicyclic amines) is 1. The summed E-state index contributed by atoms with van der Waals surface area (Å²) >= 11 is 0. The highest BCUT2D eigenvalue weighted by Gasteiger charge is 2.31. The minimum absolute atomic E-state index is 0.104. The van der Waals surface area contributed by atoms with E-state index in [0.29, 0.717) is 13.0 Å². The summed E-state index contributed by atoms with van der Waals surface area (Å²) in [7, 11) is 3.03. The lowest BCUT2D eigenvalue weighted by Crippen LogP contribution is -2.60. The lowest BCUT2D eigenvalue weighted by molar-refractivity contribution is -0.143. The molecule has 1 aliphatic heterocycles. The number of methoxy groups -OCH3 is 2. The zero-order chi connectivity index (χ0) is 10.6. The van der Waals surface area contributed by atoms with Gasteiger partial charge in [0.2, 0.25) is 0 Å². The third-order valence-electron chi connectivity index (χ3n) is 2.44. The average Bonchev–Trinajstić information content (AvgIpc) is 2.12. The van der Waals surface area contributed by atoms with Crippen LogP contribution in [0.25, 0.3) is 0 Å². The fraction of sp³-hybridized carbons (Fsp3) is 0.889. The molecule has 0 amide bonds. The summed E-state index contributed by atoms with van der Waals surface area (Å²) in [5, 5.41) is 0.